The molecule has 1 aromatic rings. The van der Waals surface area contributed by atoms with E-state index in [2.05, 4.69) is 4.74 Å². The van der Waals surface area contributed by atoms with Gasteiger partial charge in [0.2, 0.25) is 0 Å². The number of fused-ring (bicyclic) bond motifs is 1. The van der Waals surface area contributed by atoms with Crippen LogP contribution in [-0.2, 0) is 28.9 Å². The Balaban J connectivity index is 2.37. The van der Waals surface area contributed by atoms with Gasteiger partial charge in [-0.15, -0.1) is 0 Å². The summed E-state index contributed by atoms with van der Waals surface area (Å²) >= 11 is 0. The Kier molecular flexibility index (Phi) is 8.32. The van der Waals surface area contributed by atoms with Crippen molar-refractivity contribution >= 4 is 33.6 Å². The number of hydrogen-bond acceptors (Lipinski definition) is 8. The van der Waals surface area contributed by atoms with Gasteiger partial charge in [0.05, 0.1) is 31.1 Å². The maximum Gasteiger partial charge on any atom is 0.329 e. The van der Waals surface area contributed by atoms with Crippen LogP contribution in [0.25, 0.3) is 0 Å². The van der Waals surface area contributed by atoms with Crippen molar-refractivity contribution in [1.82, 2.24) is 4.90 Å². The van der Waals surface area contributed by atoms with Crippen molar-refractivity contribution in [3.05, 3.63) is 35.4 Å². The highest BCUT2D eigenvalue weighted by Gasteiger charge is 2.47. The van der Waals surface area contributed by atoms with Crippen LogP contribution in [0.4, 0.5) is 0 Å². The van der Waals surface area contributed by atoms with Gasteiger partial charge in [-0.25, -0.2) is 13.2 Å². The van der Waals surface area contributed by atoms with E-state index in [0.29, 0.717) is 17.7 Å². The molecular weight excluding hydrogens is 426 g/mol. The molecule has 1 heterocycles. The zero-order valence-corrected chi connectivity index (χ0v) is 18.6. The summed E-state index contributed by atoms with van der Waals surface area (Å²) in [5, 5.41) is -1.72. The fourth-order valence-corrected chi connectivity index (χ4v) is 5.29. The second-order valence-corrected chi connectivity index (χ2v) is 9.54. The number of carbonyl (C=O) groups is 4. The molecule has 1 aromatic carbocycles. The van der Waals surface area contributed by atoms with E-state index in [4.69, 9.17) is 4.74 Å². The van der Waals surface area contributed by atoms with Crippen LogP contribution in [0.3, 0.4) is 0 Å². The summed E-state index contributed by atoms with van der Waals surface area (Å²) in [7, 11) is -1.92. The molecule has 170 valence electrons. The van der Waals surface area contributed by atoms with Gasteiger partial charge < -0.3 is 9.47 Å². The third-order valence-corrected chi connectivity index (χ3v) is 7.34. The van der Waals surface area contributed by atoms with E-state index < -0.39 is 51.3 Å². The van der Waals surface area contributed by atoms with Crippen molar-refractivity contribution in [2.24, 2.45) is 0 Å². The summed E-state index contributed by atoms with van der Waals surface area (Å²) in [6.07, 6.45) is 2.13. The fraction of sp³-hybridized carbons (Fsp3) is 0.524. The van der Waals surface area contributed by atoms with Crippen LogP contribution in [0.2, 0.25) is 0 Å². The third kappa shape index (κ3) is 5.30. The van der Waals surface area contributed by atoms with Crippen LogP contribution in [0.1, 0.15) is 59.7 Å². The molecule has 0 radical (unpaired) electrons. The van der Waals surface area contributed by atoms with Gasteiger partial charge >= 0.3 is 11.9 Å². The van der Waals surface area contributed by atoms with Crippen molar-refractivity contribution < 1.29 is 37.1 Å². The molecule has 0 saturated heterocycles. The number of unbranched alkanes of at least 4 members (excludes halogenated alkanes) is 3. The minimum absolute atomic E-state index is 0.0958. The molecule has 2 amide bonds. The minimum atomic E-state index is -4.01. The van der Waals surface area contributed by atoms with Crippen LogP contribution in [-0.4, -0.2) is 68.3 Å². The number of esters is 2. The first-order chi connectivity index (χ1) is 14.7. The summed E-state index contributed by atoms with van der Waals surface area (Å²) in [5.41, 5.74) is 0.192. The third-order valence-electron chi connectivity index (χ3n) is 5.23. The lowest BCUT2D eigenvalue weighted by atomic mass is 10.1. The van der Waals surface area contributed by atoms with E-state index in [1.165, 1.54) is 12.1 Å². The zero-order chi connectivity index (χ0) is 23.2. The molecule has 31 heavy (non-hydrogen) atoms. The molecule has 0 bridgehead atoms. The number of methoxy groups -OCH3 is 2. The Morgan fingerprint density at radius 2 is 1.48 bits per heavy atom. The molecule has 1 aliphatic heterocycles. The predicted molar refractivity (Wildman–Crippen MR) is 111 cm³/mol. The Hall–Kier alpha value is -2.75. The van der Waals surface area contributed by atoms with Gasteiger partial charge in [0.1, 0.15) is 6.04 Å². The number of imide groups is 1. The van der Waals surface area contributed by atoms with Gasteiger partial charge in [0.25, 0.3) is 11.8 Å². The molecule has 2 atom stereocenters. The van der Waals surface area contributed by atoms with Gasteiger partial charge in [0.15, 0.2) is 15.1 Å². The Bertz CT molecular complexity index is 921. The number of rotatable bonds is 11. The van der Waals surface area contributed by atoms with E-state index in [9.17, 15) is 27.6 Å². The number of nitrogens with zero attached hydrogens (tertiary/aromatic N) is 1. The highest BCUT2D eigenvalue weighted by Crippen LogP contribution is 2.28. The number of amides is 2. The second-order valence-electron chi connectivity index (χ2n) is 7.24. The lowest BCUT2D eigenvalue weighted by Gasteiger charge is -2.26. The molecular formula is C21H27NO8S. The first-order valence-corrected chi connectivity index (χ1v) is 11.7. The molecule has 10 heteroatoms. The van der Waals surface area contributed by atoms with Crippen molar-refractivity contribution in [3.8, 4) is 0 Å². The van der Waals surface area contributed by atoms with E-state index in [1.54, 1.807) is 12.1 Å². The van der Waals surface area contributed by atoms with Crippen molar-refractivity contribution in [1.29, 1.82) is 0 Å². The van der Waals surface area contributed by atoms with Gasteiger partial charge in [-0.3, -0.25) is 19.3 Å². The lowest BCUT2D eigenvalue weighted by molar-refractivity contribution is -0.146. The van der Waals surface area contributed by atoms with Crippen LogP contribution in [0.5, 0.6) is 0 Å². The number of hydrogen-bond donors (Lipinski definition) is 0. The highest BCUT2D eigenvalue weighted by atomic mass is 32.2. The van der Waals surface area contributed by atoms with Gasteiger partial charge in [-0.1, -0.05) is 38.3 Å². The lowest BCUT2D eigenvalue weighted by Crippen LogP contribution is -2.49. The predicted octanol–water partition coefficient (Wildman–Crippen LogP) is 1.75. The number of sulfone groups is 1. The van der Waals surface area contributed by atoms with Gasteiger partial charge in [-0.2, -0.15) is 0 Å². The molecule has 9 nitrogen and oxygen atoms in total. The molecule has 2 unspecified atom stereocenters. The van der Waals surface area contributed by atoms with Crippen LogP contribution in [0, 0.1) is 0 Å². The Morgan fingerprint density at radius 1 is 0.935 bits per heavy atom. The largest absolute Gasteiger partial charge is 0.468 e. The molecule has 0 spiro atoms. The van der Waals surface area contributed by atoms with Gasteiger partial charge in [-0.05, 0) is 18.6 Å². The Labute approximate surface area is 181 Å². The van der Waals surface area contributed by atoms with E-state index >= 15 is 0 Å². The molecule has 0 saturated carbocycles. The monoisotopic (exact) mass is 453 g/mol. The molecule has 1 aliphatic rings. The number of carbonyl (C=O) groups excluding carboxylic acids is 4. The molecule has 0 aromatic heterocycles. The second kappa shape index (κ2) is 10.5. The van der Waals surface area contributed by atoms with Crippen molar-refractivity contribution in [2.75, 3.05) is 20.0 Å². The maximum absolute atomic E-state index is 12.9. The van der Waals surface area contributed by atoms with Crippen LogP contribution >= 0.6 is 0 Å². The molecule has 0 N–H and O–H groups in total. The highest BCUT2D eigenvalue weighted by molar-refractivity contribution is 7.92. The maximum atomic E-state index is 12.9. The molecule has 0 fully saturated rings. The zero-order valence-electron chi connectivity index (χ0n) is 17.8. The standard InChI is InChI=1S/C21H27NO8S/c1-4-5-6-9-12-31(27,28)17(21(26)30-3)13-16(20(25)29-2)22-18(23)14-10-7-8-11-15(14)19(22)24/h7-8,10-11,16-17H,4-6,9,12-13H2,1-3H3. The average molecular weight is 454 g/mol. The summed E-state index contributed by atoms with van der Waals surface area (Å²) < 4.78 is 35.2. The summed E-state index contributed by atoms with van der Waals surface area (Å²) in [6.45, 7) is 1.98. The minimum Gasteiger partial charge on any atom is -0.468 e. The summed E-state index contributed by atoms with van der Waals surface area (Å²) in [5.74, 6) is -3.83. The number of benzene rings is 1. The SMILES string of the molecule is CCCCCCS(=O)(=O)C(CC(C(=O)OC)N1C(=O)c2ccccc2C1=O)C(=O)OC. The van der Waals surface area contributed by atoms with E-state index in [0.717, 1.165) is 27.1 Å². The van der Waals surface area contributed by atoms with Crippen molar-refractivity contribution in [2.45, 2.75) is 50.3 Å². The van der Waals surface area contributed by atoms with Gasteiger partial charge in [0, 0.05) is 6.42 Å². The average Bonchev–Trinajstić information content (AvgIpc) is 3.01. The van der Waals surface area contributed by atoms with Crippen molar-refractivity contribution in [3.63, 3.8) is 0 Å². The normalized spacial score (nSPS) is 15.4. The summed E-state index contributed by atoms with van der Waals surface area (Å²) in [6, 6.07) is 4.42. The smallest absolute Gasteiger partial charge is 0.329 e. The number of ether oxygens (including phenoxy) is 2. The quantitative estimate of drug-likeness (QED) is 0.282. The van der Waals surface area contributed by atoms with Crippen LogP contribution in [0.15, 0.2) is 24.3 Å². The topological polar surface area (TPSA) is 124 Å². The van der Waals surface area contributed by atoms with E-state index in [-0.39, 0.29) is 16.9 Å². The Morgan fingerprint density at radius 3 is 1.97 bits per heavy atom. The van der Waals surface area contributed by atoms with Crippen LogP contribution < -0.4 is 0 Å². The summed E-state index contributed by atoms with van der Waals surface area (Å²) in [4.78, 5) is 51.1. The first-order valence-electron chi connectivity index (χ1n) is 10.0. The molecule has 0 aliphatic carbocycles. The first kappa shape index (κ1) is 24.5. The fourth-order valence-electron chi connectivity index (χ4n) is 3.53. The van der Waals surface area contributed by atoms with E-state index in [1.807, 2.05) is 6.92 Å². The molecule has 2 rings (SSSR count).